The van der Waals surface area contributed by atoms with Gasteiger partial charge in [0.25, 0.3) is 0 Å². The molecule has 0 saturated heterocycles. The average Bonchev–Trinajstić information content (AvgIpc) is 2.84. The Bertz CT molecular complexity index is 587. The number of imidazole rings is 1. The molecule has 4 aliphatic carbocycles. The molecule has 4 aliphatic rings. The fourth-order valence-corrected chi connectivity index (χ4v) is 6.20. The maximum absolute atomic E-state index is 4.94. The summed E-state index contributed by atoms with van der Waals surface area (Å²) in [6.45, 7) is 2.06. The van der Waals surface area contributed by atoms with E-state index in [9.17, 15) is 0 Å². The van der Waals surface area contributed by atoms with Crippen LogP contribution in [0.5, 0.6) is 0 Å². The van der Waals surface area contributed by atoms with Crippen LogP contribution < -0.4 is 0 Å². The third kappa shape index (κ3) is 1.44. The van der Waals surface area contributed by atoms with Crippen molar-refractivity contribution in [3.8, 4) is 0 Å². The van der Waals surface area contributed by atoms with Gasteiger partial charge >= 0.3 is 0 Å². The summed E-state index contributed by atoms with van der Waals surface area (Å²) in [4.78, 5) is 6.03. The van der Waals surface area contributed by atoms with Crippen molar-refractivity contribution in [1.82, 2.24) is 14.6 Å². The highest BCUT2D eigenvalue weighted by molar-refractivity contribution is 7.16. The van der Waals surface area contributed by atoms with Crippen LogP contribution in [0.4, 0.5) is 0 Å². The van der Waals surface area contributed by atoms with Gasteiger partial charge in [-0.3, -0.25) is 0 Å². The molecule has 0 unspecified atom stereocenters. The topological polar surface area (TPSA) is 30.2 Å². The second-order valence-corrected chi connectivity index (χ2v) is 8.33. The Morgan fingerprint density at radius 3 is 2.37 bits per heavy atom. The summed E-state index contributed by atoms with van der Waals surface area (Å²) in [6.07, 6.45) is 10.9. The lowest BCUT2D eigenvalue weighted by Crippen LogP contribution is -2.48. The maximum Gasteiger partial charge on any atom is 0.212 e. The van der Waals surface area contributed by atoms with Gasteiger partial charge in [-0.05, 0) is 63.2 Å². The molecule has 0 N–H and O–H groups in total. The van der Waals surface area contributed by atoms with Crippen LogP contribution in [0.25, 0.3) is 4.96 Å². The SMILES string of the molecule is Cc1nn2cc(C34CC5CC(CC(C5)C3)C4)nc2s1. The van der Waals surface area contributed by atoms with Crippen LogP contribution in [0.1, 0.15) is 49.2 Å². The zero-order chi connectivity index (χ0) is 12.6. The van der Waals surface area contributed by atoms with Gasteiger partial charge in [-0.1, -0.05) is 11.3 Å². The highest BCUT2D eigenvalue weighted by atomic mass is 32.1. The van der Waals surface area contributed by atoms with E-state index in [-0.39, 0.29) is 0 Å². The number of hydrogen-bond acceptors (Lipinski definition) is 3. The lowest BCUT2D eigenvalue weighted by molar-refractivity contribution is -0.00698. The Hall–Kier alpha value is -0.900. The first-order chi connectivity index (χ1) is 9.20. The first-order valence-corrected chi connectivity index (χ1v) is 8.35. The Labute approximate surface area is 117 Å². The number of aryl methyl sites for hydroxylation is 1. The zero-order valence-electron chi connectivity index (χ0n) is 11.3. The quantitative estimate of drug-likeness (QED) is 0.795. The molecule has 0 radical (unpaired) electrons. The van der Waals surface area contributed by atoms with Crippen molar-refractivity contribution in [2.75, 3.05) is 0 Å². The van der Waals surface area contributed by atoms with E-state index in [2.05, 4.69) is 18.2 Å². The van der Waals surface area contributed by atoms with Crippen molar-refractivity contribution in [2.24, 2.45) is 17.8 Å². The summed E-state index contributed by atoms with van der Waals surface area (Å²) in [5.74, 6) is 2.96. The standard InChI is InChI=1S/C15H19N3S/c1-9-17-18-8-13(16-14(18)19-9)15-5-10-2-11(6-15)4-12(3-10)7-15/h8,10-12H,2-7H2,1H3. The van der Waals surface area contributed by atoms with Gasteiger partial charge < -0.3 is 0 Å². The Morgan fingerprint density at radius 1 is 1.16 bits per heavy atom. The molecular formula is C15H19N3S. The fourth-order valence-electron chi connectivity index (χ4n) is 5.48. The van der Waals surface area contributed by atoms with Crippen molar-refractivity contribution in [1.29, 1.82) is 0 Å². The molecule has 2 heterocycles. The molecule has 0 spiro atoms. The summed E-state index contributed by atoms with van der Waals surface area (Å²) in [5, 5.41) is 5.64. The monoisotopic (exact) mass is 273 g/mol. The van der Waals surface area contributed by atoms with Gasteiger partial charge in [-0.15, -0.1) is 0 Å². The van der Waals surface area contributed by atoms with Crippen molar-refractivity contribution in [2.45, 2.75) is 50.9 Å². The van der Waals surface area contributed by atoms with Crippen LogP contribution in [0.2, 0.25) is 0 Å². The van der Waals surface area contributed by atoms with Crippen LogP contribution in [0.3, 0.4) is 0 Å². The Balaban J connectivity index is 1.62. The fraction of sp³-hybridized carbons (Fsp3) is 0.733. The predicted molar refractivity (Wildman–Crippen MR) is 75.5 cm³/mol. The van der Waals surface area contributed by atoms with Crippen molar-refractivity contribution in [3.05, 3.63) is 16.9 Å². The molecule has 0 amide bonds. The number of hydrogen-bond donors (Lipinski definition) is 0. The van der Waals surface area contributed by atoms with Gasteiger partial charge in [-0.2, -0.15) is 5.10 Å². The molecule has 2 aromatic heterocycles. The third-order valence-electron chi connectivity index (χ3n) is 5.73. The molecular weight excluding hydrogens is 254 g/mol. The first-order valence-electron chi connectivity index (χ1n) is 7.53. The highest BCUT2D eigenvalue weighted by Gasteiger charge is 2.52. The minimum atomic E-state index is 0.413. The molecule has 4 saturated carbocycles. The van der Waals surface area contributed by atoms with Crippen LogP contribution in [-0.4, -0.2) is 14.6 Å². The lowest BCUT2D eigenvalue weighted by Gasteiger charge is -2.56. The van der Waals surface area contributed by atoms with Crippen molar-refractivity contribution < 1.29 is 0 Å². The predicted octanol–water partition coefficient (Wildman–Crippen LogP) is 3.57. The number of rotatable bonds is 1. The summed E-state index contributed by atoms with van der Waals surface area (Å²) in [5.41, 5.74) is 1.76. The van der Waals surface area contributed by atoms with Crippen molar-refractivity contribution >= 4 is 16.3 Å². The van der Waals surface area contributed by atoms with Crippen LogP contribution in [0, 0.1) is 24.7 Å². The Kier molecular flexibility index (Phi) is 1.94. The summed E-state index contributed by atoms with van der Waals surface area (Å²) in [7, 11) is 0. The molecule has 0 atom stereocenters. The van der Waals surface area contributed by atoms with Crippen LogP contribution >= 0.6 is 11.3 Å². The molecule has 4 fully saturated rings. The zero-order valence-corrected chi connectivity index (χ0v) is 12.1. The number of fused-ring (bicyclic) bond motifs is 1. The molecule has 3 nitrogen and oxygen atoms in total. The minimum Gasteiger partial charge on any atom is -0.222 e. The molecule has 2 aromatic rings. The van der Waals surface area contributed by atoms with E-state index in [4.69, 9.17) is 4.98 Å². The highest BCUT2D eigenvalue weighted by Crippen LogP contribution is 2.60. The van der Waals surface area contributed by atoms with E-state index in [1.807, 2.05) is 4.52 Å². The number of aromatic nitrogens is 3. The van der Waals surface area contributed by atoms with E-state index in [1.165, 1.54) is 44.2 Å². The third-order valence-corrected chi connectivity index (χ3v) is 6.56. The smallest absolute Gasteiger partial charge is 0.212 e. The molecule has 4 bridgehead atoms. The molecule has 6 rings (SSSR count). The molecule has 19 heavy (non-hydrogen) atoms. The average molecular weight is 273 g/mol. The van der Waals surface area contributed by atoms with Gasteiger partial charge in [0.2, 0.25) is 4.96 Å². The van der Waals surface area contributed by atoms with E-state index in [0.717, 1.165) is 27.7 Å². The molecule has 0 aliphatic heterocycles. The molecule has 0 aromatic carbocycles. The van der Waals surface area contributed by atoms with E-state index in [0.29, 0.717) is 5.41 Å². The summed E-state index contributed by atoms with van der Waals surface area (Å²) in [6, 6.07) is 0. The van der Waals surface area contributed by atoms with E-state index in [1.54, 1.807) is 11.3 Å². The molecule has 100 valence electrons. The van der Waals surface area contributed by atoms with Crippen molar-refractivity contribution in [3.63, 3.8) is 0 Å². The van der Waals surface area contributed by atoms with Gasteiger partial charge in [-0.25, -0.2) is 9.50 Å². The van der Waals surface area contributed by atoms with Crippen LogP contribution in [-0.2, 0) is 5.41 Å². The van der Waals surface area contributed by atoms with Gasteiger partial charge in [0.05, 0.1) is 11.9 Å². The van der Waals surface area contributed by atoms with E-state index >= 15 is 0 Å². The van der Waals surface area contributed by atoms with E-state index < -0.39 is 0 Å². The second-order valence-electron chi connectivity index (χ2n) is 7.17. The normalized spacial score (nSPS) is 40.4. The first kappa shape index (κ1) is 10.8. The summed E-state index contributed by atoms with van der Waals surface area (Å²) < 4.78 is 2.01. The second kappa shape index (κ2) is 3.40. The largest absolute Gasteiger partial charge is 0.222 e. The number of nitrogens with zero attached hydrogens (tertiary/aromatic N) is 3. The van der Waals surface area contributed by atoms with Gasteiger partial charge in [0.15, 0.2) is 0 Å². The summed E-state index contributed by atoms with van der Waals surface area (Å²) >= 11 is 1.72. The lowest BCUT2D eigenvalue weighted by atomic mass is 9.49. The minimum absolute atomic E-state index is 0.413. The van der Waals surface area contributed by atoms with Crippen LogP contribution in [0.15, 0.2) is 6.20 Å². The van der Waals surface area contributed by atoms with Gasteiger partial charge in [0.1, 0.15) is 5.01 Å². The maximum atomic E-state index is 4.94. The van der Waals surface area contributed by atoms with Gasteiger partial charge in [0, 0.05) is 5.41 Å². The molecule has 4 heteroatoms. The Morgan fingerprint density at radius 2 is 1.79 bits per heavy atom.